The molecule has 1 aliphatic rings. The zero-order valence-electron chi connectivity index (χ0n) is 9.72. The quantitative estimate of drug-likeness (QED) is 0.810. The van der Waals surface area contributed by atoms with Gasteiger partial charge in [0.25, 0.3) is 0 Å². The second-order valence-corrected chi connectivity index (χ2v) is 5.16. The first kappa shape index (κ1) is 9.91. The molecular formula is C14H18N2. The number of hydrogen-bond donors (Lipinski definition) is 2. The van der Waals surface area contributed by atoms with E-state index >= 15 is 0 Å². The lowest BCUT2D eigenvalue weighted by atomic mass is 9.95. The van der Waals surface area contributed by atoms with E-state index in [9.17, 15) is 0 Å². The Morgan fingerprint density at radius 1 is 1.31 bits per heavy atom. The van der Waals surface area contributed by atoms with Crippen LogP contribution >= 0.6 is 0 Å². The molecule has 0 amide bonds. The molecule has 0 spiro atoms. The van der Waals surface area contributed by atoms with Gasteiger partial charge in [0.1, 0.15) is 0 Å². The summed E-state index contributed by atoms with van der Waals surface area (Å²) in [6.45, 7) is 2.99. The molecule has 1 fully saturated rings. The van der Waals surface area contributed by atoms with E-state index in [1.807, 2.05) is 0 Å². The van der Waals surface area contributed by atoms with E-state index in [2.05, 4.69) is 36.2 Å². The van der Waals surface area contributed by atoms with Crippen molar-refractivity contribution in [1.29, 1.82) is 0 Å². The lowest BCUT2D eigenvalue weighted by Gasteiger charge is -2.12. The number of H-pyrrole nitrogens is 1. The third-order valence-electron chi connectivity index (χ3n) is 3.97. The van der Waals surface area contributed by atoms with Crippen molar-refractivity contribution in [2.24, 2.45) is 11.1 Å². The van der Waals surface area contributed by atoms with Gasteiger partial charge in [-0.05, 0) is 49.8 Å². The molecule has 2 heteroatoms. The predicted octanol–water partition coefficient (Wildman–Crippen LogP) is 2.76. The van der Waals surface area contributed by atoms with Crippen molar-refractivity contribution in [2.45, 2.75) is 26.2 Å². The average Bonchev–Trinajstić information content (AvgIpc) is 3.01. The summed E-state index contributed by atoms with van der Waals surface area (Å²) in [6.07, 6.45) is 3.73. The number of hydrogen-bond acceptors (Lipinski definition) is 1. The number of rotatable bonds is 3. The van der Waals surface area contributed by atoms with Crippen LogP contribution in [0.25, 0.3) is 10.9 Å². The fraction of sp³-hybridized carbons (Fsp3) is 0.429. The number of para-hydroxylation sites is 1. The topological polar surface area (TPSA) is 41.8 Å². The molecule has 1 aromatic carbocycles. The van der Waals surface area contributed by atoms with Crippen molar-refractivity contribution in [1.82, 2.24) is 4.98 Å². The molecule has 0 aliphatic heterocycles. The van der Waals surface area contributed by atoms with E-state index in [4.69, 9.17) is 5.73 Å². The zero-order valence-corrected chi connectivity index (χ0v) is 9.72. The molecule has 0 bridgehead atoms. The molecule has 84 valence electrons. The molecule has 16 heavy (non-hydrogen) atoms. The van der Waals surface area contributed by atoms with E-state index < -0.39 is 0 Å². The van der Waals surface area contributed by atoms with Crippen LogP contribution < -0.4 is 5.73 Å². The minimum atomic E-state index is 0.412. The number of nitrogens with two attached hydrogens (primary N) is 1. The van der Waals surface area contributed by atoms with Crippen LogP contribution in [0.2, 0.25) is 0 Å². The molecule has 1 aromatic heterocycles. The van der Waals surface area contributed by atoms with Gasteiger partial charge in [0.2, 0.25) is 0 Å². The van der Waals surface area contributed by atoms with E-state index in [1.54, 1.807) is 0 Å². The fourth-order valence-corrected chi connectivity index (χ4v) is 2.57. The summed E-state index contributed by atoms with van der Waals surface area (Å²) in [5.74, 6) is 0. The second kappa shape index (κ2) is 3.36. The van der Waals surface area contributed by atoms with Crippen LogP contribution in [0.15, 0.2) is 24.3 Å². The highest BCUT2D eigenvalue weighted by molar-refractivity contribution is 5.84. The Bertz CT molecular complexity index is 521. The van der Waals surface area contributed by atoms with Crippen LogP contribution in [0, 0.1) is 12.3 Å². The first-order valence-corrected chi connectivity index (χ1v) is 6.00. The SMILES string of the molecule is Cc1[nH]c2ccccc2c1CC1(CN)CC1. The smallest absolute Gasteiger partial charge is 0.0458 e. The first-order chi connectivity index (χ1) is 7.74. The summed E-state index contributed by atoms with van der Waals surface area (Å²) in [5.41, 5.74) is 10.3. The summed E-state index contributed by atoms with van der Waals surface area (Å²) in [6, 6.07) is 8.55. The van der Waals surface area contributed by atoms with Gasteiger partial charge >= 0.3 is 0 Å². The maximum absolute atomic E-state index is 5.87. The Morgan fingerprint density at radius 3 is 2.75 bits per heavy atom. The molecule has 0 atom stereocenters. The fourth-order valence-electron chi connectivity index (χ4n) is 2.57. The number of fused-ring (bicyclic) bond motifs is 1. The van der Waals surface area contributed by atoms with Crippen LogP contribution in [0.5, 0.6) is 0 Å². The van der Waals surface area contributed by atoms with Gasteiger partial charge in [-0.2, -0.15) is 0 Å². The summed E-state index contributed by atoms with van der Waals surface area (Å²) >= 11 is 0. The van der Waals surface area contributed by atoms with E-state index in [0.717, 1.165) is 13.0 Å². The monoisotopic (exact) mass is 214 g/mol. The molecular weight excluding hydrogens is 196 g/mol. The number of aromatic amines is 1. The third-order valence-corrected chi connectivity index (χ3v) is 3.97. The maximum Gasteiger partial charge on any atom is 0.0458 e. The molecule has 3 rings (SSSR count). The summed E-state index contributed by atoms with van der Waals surface area (Å²) in [4.78, 5) is 3.46. The highest BCUT2D eigenvalue weighted by Crippen LogP contribution is 2.48. The molecule has 1 saturated carbocycles. The Morgan fingerprint density at radius 2 is 2.06 bits per heavy atom. The minimum absolute atomic E-state index is 0.412. The normalized spacial score (nSPS) is 17.9. The van der Waals surface area contributed by atoms with Gasteiger partial charge in [0.05, 0.1) is 0 Å². The van der Waals surface area contributed by atoms with Crippen molar-refractivity contribution in [3.63, 3.8) is 0 Å². The van der Waals surface area contributed by atoms with E-state index in [0.29, 0.717) is 5.41 Å². The van der Waals surface area contributed by atoms with Crippen molar-refractivity contribution < 1.29 is 0 Å². The lowest BCUT2D eigenvalue weighted by Crippen LogP contribution is -2.18. The predicted molar refractivity (Wildman–Crippen MR) is 67.5 cm³/mol. The Balaban J connectivity index is 2.05. The molecule has 1 aliphatic carbocycles. The minimum Gasteiger partial charge on any atom is -0.358 e. The van der Waals surface area contributed by atoms with Crippen LogP contribution in [0.3, 0.4) is 0 Å². The van der Waals surface area contributed by atoms with Crippen LogP contribution in [0.4, 0.5) is 0 Å². The van der Waals surface area contributed by atoms with E-state index in [-0.39, 0.29) is 0 Å². The maximum atomic E-state index is 5.87. The van der Waals surface area contributed by atoms with Crippen LogP contribution in [-0.2, 0) is 6.42 Å². The molecule has 2 nitrogen and oxygen atoms in total. The van der Waals surface area contributed by atoms with Gasteiger partial charge in [-0.15, -0.1) is 0 Å². The van der Waals surface area contributed by atoms with Crippen molar-refractivity contribution in [3.05, 3.63) is 35.5 Å². The van der Waals surface area contributed by atoms with Gasteiger partial charge < -0.3 is 10.7 Å². The molecule has 0 unspecified atom stereocenters. The van der Waals surface area contributed by atoms with Gasteiger partial charge in [0, 0.05) is 16.6 Å². The number of aromatic nitrogens is 1. The molecule has 1 heterocycles. The lowest BCUT2D eigenvalue weighted by molar-refractivity contribution is 0.521. The Labute approximate surface area is 95.8 Å². The number of aryl methyl sites for hydroxylation is 1. The Kier molecular flexibility index (Phi) is 2.08. The molecule has 0 radical (unpaired) electrons. The third kappa shape index (κ3) is 1.45. The largest absolute Gasteiger partial charge is 0.358 e. The Hall–Kier alpha value is -1.28. The van der Waals surface area contributed by atoms with Gasteiger partial charge in [0.15, 0.2) is 0 Å². The first-order valence-electron chi connectivity index (χ1n) is 6.00. The van der Waals surface area contributed by atoms with Crippen LogP contribution in [-0.4, -0.2) is 11.5 Å². The summed E-state index contributed by atoms with van der Waals surface area (Å²) in [5, 5.41) is 1.37. The highest BCUT2D eigenvalue weighted by Gasteiger charge is 2.41. The standard InChI is InChI=1S/C14H18N2/c1-10-12(8-14(9-15)6-7-14)11-4-2-3-5-13(11)16-10/h2-5,16H,6-9,15H2,1H3. The summed E-state index contributed by atoms with van der Waals surface area (Å²) in [7, 11) is 0. The van der Waals surface area contributed by atoms with Crippen molar-refractivity contribution in [3.8, 4) is 0 Å². The van der Waals surface area contributed by atoms with E-state index in [1.165, 1.54) is 35.0 Å². The van der Waals surface area contributed by atoms with Crippen molar-refractivity contribution >= 4 is 10.9 Å². The molecule has 0 saturated heterocycles. The molecule has 3 N–H and O–H groups in total. The zero-order chi connectivity index (χ0) is 11.2. The van der Waals surface area contributed by atoms with Crippen molar-refractivity contribution in [2.75, 3.05) is 6.54 Å². The van der Waals surface area contributed by atoms with Gasteiger partial charge in [-0.1, -0.05) is 18.2 Å². The number of nitrogens with one attached hydrogen (secondary N) is 1. The summed E-state index contributed by atoms with van der Waals surface area (Å²) < 4.78 is 0. The average molecular weight is 214 g/mol. The van der Waals surface area contributed by atoms with Crippen LogP contribution in [0.1, 0.15) is 24.1 Å². The number of benzene rings is 1. The van der Waals surface area contributed by atoms with Gasteiger partial charge in [-0.3, -0.25) is 0 Å². The molecule has 2 aromatic rings. The highest BCUT2D eigenvalue weighted by atomic mass is 14.7. The van der Waals surface area contributed by atoms with Gasteiger partial charge in [-0.25, -0.2) is 0 Å². The second-order valence-electron chi connectivity index (χ2n) is 5.16.